The van der Waals surface area contributed by atoms with Crippen LogP contribution in [0.5, 0.6) is 5.75 Å². The monoisotopic (exact) mass is 399 g/mol. The van der Waals surface area contributed by atoms with Crippen LogP contribution < -0.4 is 21.8 Å². The normalized spacial score (nSPS) is 12.1. The van der Waals surface area contributed by atoms with Crippen LogP contribution in [0.25, 0.3) is 10.9 Å². The maximum Gasteiger partial charge on any atom is 0.332 e. The Balaban J connectivity index is 2.15. The van der Waals surface area contributed by atoms with Gasteiger partial charge in [-0.15, -0.1) is 0 Å². The molecule has 0 saturated heterocycles. The van der Waals surface area contributed by atoms with E-state index in [1.54, 1.807) is 35.9 Å². The first-order valence-electron chi connectivity index (χ1n) is 8.53. The number of alkyl halides is 2. The number of hydrazone groups is 1. The number of hydrogen-bond acceptors (Lipinski definition) is 6. The lowest BCUT2D eigenvalue weighted by atomic mass is 10.0. The van der Waals surface area contributed by atoms with Gasteiger partial charge in [-0.25, -0.2) is 5.84 Å². The Morgan fingerprint density at radius 3 is 2.76 bits per heavy atom. The summed E-state index contributed by atoms with van der Waals surface area (Å²) >= 11 is 0. The number of methoxy groups -OCH3 is 1. The molecular weight excluding hydrogens is 380 g/mol. The molecule has 3 rings (SSSR count). The number of fused-ring (bicyclic) bond motifs is 1. The summed E-state index contributed by atoms with van der Waals surface area (Å²) in [6.07, 6.45) is 0. The van der Waals surface area contributed by atoms with Gasteiger partial charge in [0.2, 0.25) is 5.84 Å². The van der Waals surface area contributed by atoms with Crippen LogP contribution in [0.1, 0.15) is 22.4 Å². The fourth-order valence-electron chi connectivity index (χ4n) is 3.18. The van der Waals surface area contributed by atoms with E-state index in [9.17, 15) is 14.0 Å². The molecule has 0 unspecified atom stereocenters. The Bertz CT molecular complexity index is 1130. The quantitative estimate of drug-likeness (QED) is 0.261. The van der Waals surface area contributed by atoms with E-state index in [0.29, 0.717) is 33.5 Å². The first-order chi connectivity index (χ1) is 13.9. The van der Waals surface area contributed by atoms with Gasteiger partial charge >= 0.3 is 5.92 Å². The van der Waals surface area contributed by atoms with E-state index in [2.05, 4.69) is 16.3 Å². The van der Waals surface area contributed by atoms with Gasteiger partial charge in [0.1, 0.15) is 5.75 Å². The molecule has 1 aromatic heterocycles. The van der Waals surface area contributed by atoms with Gasteiger partial charge in [0, 0.05) is 16.5 Å². The summed E-state index contributed by atoms with van der Waals surface area (Å²) < 4.78 is 36.3. The van der Waals surface area contributed by atoms with Gasteiger partial charge in [-0.2, -0.15) is 24.2 Å². The van der Waals surface area contributed by atoms with Crippen LogP contribution in [0.2, 0.25) is 0 Å². The van der Waals surface area contributed by atoms with Gasteiger partial charge in [-0.1, -0.05) is 18.2 Å². The Labute approximate surface area is 165 Å². The van der Waals surface area contributed by atoms with Crippen molar-refractivity contribution in [1.29, 1.82) is 5.26 Å². The average molecular weight is 399 g/mol. The number of halogens is 2. The number of aromatic nitrogens is 2. The molecule has 8 nitrogen and oxygen atoms in total. The number of hydrogen-bond donors (Lipinski definition) is 3. The van der Waals surface area contributed by atoms with Crippen LogP contribution in [0.4, 0.5) is 8.78 Å². The second-order valence-electron chi connectivity index (χ2n) is 6.27. The molecular formula is C19H19F2N7O. The van der Waals surface area contributed by atoms with Gasteiger partial charge in [0.25, 0.3) is 0 Å². The minimum Gasteiger partial charge on any atom is -0.496 e. The average Bonchev–Trinajstić information content (AvgIpc) is 3.03. The summed E-state index contributed by atoms with van der Waals surface area (Å²) in [7, 11) is 1.50. The summed E-state index contributed by atoms with van der Waals surface area (Å²) in [4.78, 5) is 0. The predicted octanol–water partition coefficient (Wildman–Crippen LogP) is 2.10. The van der Waals surface area contributed by atoms with E-state index in [4.69, 9.17) is 16.4 Å². The van der Waals surface area contributed by atoms with E-state index < -0.39 is 11.8 Å². The highest BCUT2D eigenvalue weighted by molar-refractivity contribution is 5.91. The lowest BCUT2D eigenvalue weighted by molar-refractivity contribution is 0.0714. The van der Waals surface area contributed by atoms with E-state index in [-0.39, 0.29) is 12.1 Å². The van der Waals surface area contributed by atoms with Crippen molar-refractivity contribution in [3.05, 3.63) is 58.8 Å². The zero-order valence-corrected chi connectivity index (χ0v) is 15.8. The van der Waals surface area contributed by atoms with Gasteiger partial charge in [0.15, 0.2) is 0 Å². The topological polar surface area (TPSA) is 127 Å². The zero-order valence-electron chi connectivity index (χ0n) is 15.8. The van der Waals surface area contributed by atoms with Crippen molar-refractivity contribution in [3.8, 4) is 11.8 Å². The first-order valence-corrected chi connectivity index (χ1v) is 8.53. The number of hydrazine groups is 1. The van der Waals surface area contributed by atoms with Crippen molar-refractivity contribution in [2.45, 2.75) is 19.4 Å². The number of ether oxygens (including phenoxy) is 1. The highest BCUT2D eigenvalue weighted by Crippen LogP contribution is 2.32. The van der Waals surface area contributed by atoms with Gasteiger partial charge in [0.05, 0.1) is 36.5 Å². The van der Waals surface area contributed by atoms with E-state index in [1.807, 2.05) is 5.43 Å². The smallest absolute Gasteiger partial charge is 0.332 e. The second kappa shape index (κ2) is 7.73. The molecule has 0 saturated carbocycles. The summed E-state index contributed by atoms with van der Waals surface area (Å²) in [6, 6.07) is 11.3. The predicted molar refractivity (Wildman–Crippen MR) is 104 cm³/mol. The highest BCUT2D eigenvalue weighted by Gasteiger charge is 2.39. The Morgan fingerprint density at radius 2 is 2.14 bits per heavy atom. The van der Waals surface area contributed by atoms with Gasteiger partial charge in [-0.05, 0) is 25.1 Å². The van der Waals surface area contributed by atoms with Gasteiger partial charge in [-0.3, -0.25) is 4.68 Å². The van der Waals surface area contributed by atoms with E-state index in [1.165, 1.54) is 19.2 Å². The molecule has 10 heteroatoms. The summed E-state index contributed by atoms with van der Waals surface area (Å²) in [5, 5.41) is 17.6. The number of rotatable bonds is 5. The van der Waals surface area contributed by atoms with Crippen LogP contribution in [-0.4, -0.2) is 22.7 Å². The van der Waals surface area contributed by atoms with E-state index in [0.717, 1.165) is 0 Å². The molecule has 0 aliphatic carbocycles. The third-order valence-electron chi connectivity index (χ3n) is 4.64. The molecule has 0 fully saturated rings. The number of amidine groups is 1. The van der Waals surface area contributed by atoms with Crippen molar-refractivity contribution in [2.75, 3.05) is 7.11 Å². The lowest BCUT2D eigenvalue weighted by Crippen LogP contribution is -2.43. The minimum atomic E-state index is -3.52. The second-order valence-corrected chi connectivity index (χ2v) is 6.27. The molecule has 5 N–H and O–H groups in total. The summed E-state index contributed by atoms with van der Waals surface area (Å²) in [5.74, 6) is 6.26. The van der Waals surface area contributed by atoms with Crippen LogP contribution >= 0.6 is 0 Å². The van der Waals surface area contributed by atoms with Crippen molar-refractivity contribution >= 4 is 16.7 Å². The van der Waals surface area contributed by atoms with Crippen molar-refractivity contribution in [3.63, 3.8) is 0 Å². The third kappa shape index (κ3) is 3.43. The standard InChI is InChI=1S/C19H19F2N7O/c1-11-14-7-6-13(19(20,21)18(25-23)26-24)8-16(14)28(27-11)10-15-12(9-22)4-3-5-17(15)29-2/h3-8H,10,23-24H2,1-2H3,(H,25,26). The maximum atomic E-state index is 14.7. The SMILES string of the molecule is COc1cccc(C#N)c1Cn1nc(C)c2ccc(C(F)(F)/C(=N/N)NN)cc21. The molecule has 0 radical (unpaired) electrons. The zero-order chi connectivity index (χ0) is 21.2. The maximum absolute atomic E-state index is 14.7. The minimum absolute atomic E-state index is 0.166. The number of nitrogens with two attached hydrogens (primary N) is 2. The summed E-state index contributed by atoms with van der Waals surface area (Å²) in [6.45, 7) is 1.94. The molecule has 0 spiro atoms. The number of aryl methyl sites for hydroxylation is 1. The number of nitrogens with zero attached hydrogens (tertiary/aromatic N) is 4. The van der Waals surface area contributed by atoms with Crippen molar-refractivity contribution in [2.24, 2.45) is 16.8 Å². The Morgan fingerprint density at radius 1 is 1.38 bits per heavy atom. The molecule has 2 aromatic carbocycles. The van der Waals surface area contributed by atoms with Crippen molar-refractivity contribution < 1.29 is 13.5 Å². The molecule has 0 aliphatic rings. The molecule has 1 heterocycles. The first kappa shape index (κ1) is 20.0. The van der Waals surface area contributed by atoms with Crippen LogP contribution in [0.15, 0.2) is 41.5 Å². The Kier molecular flexibility index (Phi) is 5.34. The van der Waals surface area contributed by atoms with Crippen molar-refractivity contribution in [1.82, 2.24) is 15.2 Å². The van der Waals surface area contributed by atoms with Crippen LogP contribution in [0.3, 0.4) is 0 Å². The fraction of sp³-hybridized carbons (Fsp3) is 0.211. The van der Waals surface area contributed by atoms with Gasteiger partial charge < -0.3 is 16.0 Å². The molecule has 29 heavy (non-hydrogen) atoms. The molecule has 150 valence electrons. The van der Waals surface area contributed by atoms with E-state index >= 15 is 0 Å². The highest BCUT2D eigenvalue weighted by atomic mass is 19.3. The number of benzene rings is 2. The largest absolute Gasteiger partial charge is 0.496 e. The molecule has 3 aromatic rings. The molecule has 0 aliphatic heterocycles. The lowest BCUT2D eigenvalue weighted by Gasteiger charge is -2.18. The number of nitriles is 1. The molecule has 0 bridgehead atoms. The number of nitrogens with one attached hydrogen (secondary N) is 1. The summed E-state index contributed by atoms with van der Waals surface area (Å²) in [5.41, 5.74) is 3.61. The van der Waals surface area contributed by atoms with Crippen LogP contribution in [-0.2, 0) is 12.5 Å². The van der Waals surface area contributed by atoms with Crippen LogP contribution in [0, 0.1) is 18.3 Å². The third-order valence-corrected chi connectivity index (χ3v) is 4.64. The Hall–Kier alpha value is -3.71. The fourth-order valence-corrected chi connectivity index (χ4v) is 3.18. The molecule has 0 amide bonds. The molecule has 0 atom stereocenters.